The van der Waals surface area contributed by atoms with E-state index in [1.54, 1.807) is 24.3 Å². The van der Waals surface area contributed by atoms with Crippen LogP contribution in [0.2, 0.25) is 0 Å². The number of amides is 2. The lowest BCUT2D eigenvalue weighted by molar-refractivity contribution is -0.133. The second kappa shape index (κ2) is 3.36. The number of para-hydroxylation sites is 1. The molecule has 1 spiro atoms. The molecule has 2 aliphatic heterocycles. The van der Waals surface area contributed by atoms with Gasteiger partial charge in [0.05, 0.1) is 0 Å². The Bertz CT molecular complexity index is 606. The van der Waals surface area contributed by atoms with E-state index in [9.17, 15) is 14.4 Å². The van der Waals surface area contributed by atoms with Crippen molar-refractivity contribution in [2.24, 2.45) is 0 Å². The van der Waals surface area contributed by atoms with Crippen molar-refractivity contribution in [2.45, 2.75) is 5.54 Å². The molecule has 90 valence electrons. The van der Waals surface area contributed by atoms with Crippen molar-refractivity contribution in [3.05, 3.63) is 29.8 Å². The number of nitrogens with one attached hydrogen (secondary N) is 3. The average Bonchev–Trinajstić information content (AvgIpc) is 2.62. The summed E-state index contributed by atoms with van der Waals surface area (Å²) in [5.41, 5.74) is -1.16. The zero-order valence-electron chi connectivity index (χ0n) is 8.94. The molecule has 0 aromatic heterocycles. The molecular weight excluding hydrogens is 254 g/mol. The molecule has 2 amide bonds. The summed E-state index contributed by atoms with van der Waals surface area (Å²) in [6.07, 6.45) is 0. The van der Waals surface area contributed by atoms with E-state index in [0.29, 0.717) is 11.3 Å². The van der Waals surface area contributed by atoms with Gasteiger partial charge in [-0.05, 0) is 24.4 Å². The summed E-state index contributed by atoms with van der Waals surface area (Å²) in [5, 5.41) is 7.16. The summed E-state index contributed by atoms with van der Waals surface area (Å²) in [4.78, 5) is 36.2. The number of thiocarbonyl (C=S) groups is 1. The van der Waals surface area contributed by atoms with Crippen LogP contribution in [0, 0.1) is 0 Å². The number of hydrogen-bond donors (Lipinski definition) is 3. The number of Topliss-reactive ketones (excluding diaryl/α,β-unsaturated/α-hetero) is 1. The van der Waals surface area contributed by atoms with Crippen LogP contribution in [-0.2, 0) is 9.59 Å². The standard InChI is InChI=1S/C11H7N3O3S/c15-7-5-3-1-2-4-6(5)14-11(7)8(16)12-10(18)13-9(11)17/h1-4,14H,(H2,12,13,16,17,18). The molecular formula is C11H7N3O3S. The van der Waals surface area contributed by atoms with Gasteiger partial charge in [0, 0.05) is 11.3 Å². The third-order valence-electron chi connectivity index (χ3n) is 2.97. The number of rotatable bonds is 0. The molecule has 1 saturated heterocycles. The van der Waals surface area contributed by atoms with Crippen molar-refractivity contribution in [1.29, 1.82) is 0 Å². The van der Waals surface area contributed by atoms with Gasteiger partial charge in [-0.15, -0.1) is 0 Å². The van der Waals surface area contributed by atoms with E-state index < -0.39 is 23.1 Å². The van der Waals surface area contributed by atoms with Gasteiger partial charge in [-0.25, -0.2) is 0 Å². The summed E-state index contributed by atoms with van der Waals surface area (Å²) in [6.45, 7) is 0. The monoisotopic (exact) mass is 261 g/mol. The fraction of sp³-hybridized carbons (Fsp3) is 0.0909. The Hall–Kier alpha value is -2.28. The van der Waals surface area contributed by atoms with Gasteiger partial charge in [0.25, 0.3) is 17.4 Å². The van der Waals surface area contributed by atoms with Crippen LogP contribution in [-0.4, -0.2) is 28.2 Å². The minimum Gasteiger partial charge on any atom is -0.357 e. The van der Waals surface area contributed by atoms with Gasteiger partial charge < -0.3 is 5.32 Å². The fourth-order valence-electron chi connectivity index (χ4n) is 2.10. The minimum absolute atomic E-state index is 0.0961. The molecule has 7 heteroatoms. The highest BCUT2D eigenvalue weighted by Gasteiger charge is 2.59. The number of ketones is 1. The zero-order valence-corrected chi connectivity index (χ0v) is 9.76. The summed E-state index contributed by atoms with van der Waals surface area (Å²) >= 11 is 4.70. The molecule has 3 N–H and O–H groups in total. The smallest absolute Gasteiger partial charge is 0.269 e. The number of anilines is 1. The van der Waals surface area contributed by atoms with Gasteiger partial charge in [0.1, 0.15) is 0 Å². The predicted molar refractivity (Wildman–Crippen MR) is 66.0 cm³/mol. The van der Waals surface area contributed by atoms with Crippen molar-refractivity contribution in [2.75, 3.05) is 5.32 Å². The van der Waals surface area contributed by atoms with E-state index >= 15 is 0 Å². The first-order valence-corrected chi connectivity index (χ1v) is 5.55. The second-order valence-corrected chi connectivity index (χ2v) is 4.40. The first-order valence-electron chi connectivity index (χ1n) is 5.14. The summed E-state index contributed by atoms with van der Waals surface area (Å²) in [6, 6.07) is 6.57. The van der Waals surface area contributed by atoms with Crippen LogP contribution in [0.5, 0.6) is 0 Å². The Labute approximate surface area is 107 Å². The summed E-state index contributed by atoms with van der Waals surface area (Å²) in [7, 11) is 0. The maximum atomic E-state index is 12.3. The topological polar surface area (TPSA) is 87.3 Å². The Balaban J connectivity index is 2.14. The summed E-state index contributed by atoms with van der Waals surface area (Å²) < 4.78 is 0. The molecule has 3 rings (SSSR count). The van der Waals surface area contributed by atoms with Crippen molar-refractivity contribution in [1.82, 2.24) is 10.6 Å². The third-order valence-corrected chi connectivity index (χ3v) is 3.17. The molecule has 1 aromatic carbocycles. The number of carbonyl (C=O) groups excluding carboxylic acids is 3. The van der Waals surface area contributed by atoms with Gasteiger partial charge >= 0.3 is 0 Å². The Morgan fingerprint density at radius 3 is 2.22 bits per heavy atom. The van der Waals surface area contributed by atoms with E-state index in [4.69, 9.17) is 12.2 Å². The van der Waals surface area contributed by atoms with Gasteiger partial charge in [-0.3, -0.25) is 25.0 Å². The van der Waals surface area contributed by atoms with Crippen LogP contribution in [0.4, 0.5) is 5.69 Å². The lowest BCUT2D eigenvalue weighted by Crippen LogP contribution is -2.71. The molecule has 0 atom stereocenters. The van der Waals surface area contributed by atoms with Crippen molar-refractivity contribution < 1.29 is 14.4 Å². The van der Waals surface area contributed by atoms with Crippen LogP contribution in [0.25, 0.3) is 0 Å². The summed E-state index contributed by atoms with van der Waals surface area (Å²) in [5.74, 6) is -2.08. The van der Waals surface area contributed by atoms with Gasteiger partial charge in [-0.1, -0.05) is 12.1 Å². The van der Waals surface area contributed by atoms with E-state index in [2.05, 4.69) is 16.0 Å². The molecule has 0 radical (unpaired) electrons. The van der Waals surface area contributed by atoms with Crippen LogP contribution >= 0.6 is 12.2 Å². The molecule has 2 aliphatic rings. The van der Waals surface area contributed by atoms with Crippen molar-refractivity contribution in [3.63, 3.8) is 0 Å². The fourth-order valence-corrected chi connectivity index (χ4v) is 2.28. The van der Waals surface area contributed by atoms with Gasteiger partial charge in [0.15, 0.2) is 5.11 Å². The van der Waals surface area contributed by atoms with E-state index in [1.807, 2.05) is 0 Å². The normalized spacial score (nSPS) is 20.2. The Morgan fingerprint density at radius 1 is 1.00 bits per heavy atom. The van der Waals surface area contributed by atoms with Crippen LogP contribution in [0.15, 0.2) is 24.3 Å². The molecule has 0 bridgehead atoms. The van der Waals surface area contributed by atoms with Crippen LogP contribution in [0.1, 0.15) is 10.4 Å². The maximum Gasteiger partial charge on any atom is 0.269 e. The lowest BCUT2D eigenvalue weighted by Gasteiger charge is -2.30. The molecule has 0 saturated carbocycles. The molecule has 6 nitrogen and oxygen atoms in total. The molecule has 0 aliphatic carbocycles. The number of carbonyl (C=O) groups is 3. The average molecular weight is 261 g/mol. The van der Waals surface area contributed by atoms with E-state index in [-0.39, 0.29) is 5.11 Å². The van der Waals surface area contributed by atoms with Crippen molar-refractivity contribution >= 4 is 40.6 Å². The highest BCUT2D eigenvalue weighted by molar-refractivity contribution is 7.80. The highest BCUT2D eigenvalue weighted by atomic mass is 32.1. The van der Waals surface area contributed by atoms with E-state index in [1.165, 1.54) is 0 Å². The second-order valence-electron chi connectivity index (χ2n) is 3.99. The molecule has 0 unspecified atom stereocenters. The largest absolute Gasteiger partial charge is 0.357 e. The van der Waals surface area contributed by atoms with Gasteiger partial charge in [-0.2, -0.15) is 0 Å². The Morgan fingerprint density at radius 2 is 1.61 bits per heavy atom. The minimum atomic E-state index is -1.94. The molecule has 1 fully saturated rings. The van der Waals surface area contributed by atoms with E-state index in [0.717, 1.165) is 0 Å². The third kappa shape index (κ3) is 1.16. The maximum absolute atomic E-state index is 12.3. The first kappa shape index (κ1) is 10.8. The first-order chi connectivity index (χ1) is 8.55. The number of hydrogen-bond acceptors (Lipinski definition) is 5. The number of fused-ring (bicyclic) bond motifs is 1. The quantitative estimate of drug-likeness (QED) is 0.435. The van der Waals surface area contributed by atoms with Crippen LogP contribution in [0.3, 0.4) is 0 Å². The SMILES string of the molecule is O=C1NC(=S)NC(=O)C12Nc1ccccc1C2=O. The van der Waals surface area contributed by atoms with Crippen LogP contribution < -0.4 is 16.0 Å². The predicted octanol–water partition coefficient (Wildman–Crippen LogP) is -0.436. The number of benzene rings is 1. The Kier molecular flexibility index (Phi) is 2.02. The highest BCUT2D eigenvalue weighted by Crippen LogP contribution is 2.33. The molecule has 18 heavy (non-hydrogen) atoms. The zero-order chi connectivity index (χ0) is 12.9. The van der Waals surface area contributed by atoms with Crippen molar-refractivity contribution in [3.8, 4) is 0 Å². The van der Waals surface area contributed by atoms with Gasteiger partial charge in [0.2, 0.25) is 5.78 Å². The lowest BCUT2D eigenvalue weighted by atomic mass is 9.90. The molecule has 2 heterocycles. The molecule has 1 aromatic rings.